The molecule has 0 radical (unpaired) electrons. The molecule has 0 aromatic heterocycles. The van der Waals surface area contributed by atoms with E-state index >= 15 is 0 Å². The molecule has 1 aromatic rings. The van der Waals surface area contributed by atoms with Crippen LogP contribution in [0, 0.1) is 0 Å². The highest BCUT2D eigenvalue weighted by Crippen LogP contribution is 2.35. The Morgan fingerprint density at radius 2 is 1.88 bits per heavy atom. The summed E-state index contributed by atoms with van der Waals surface area (Å²) in [5.41, 5.74) is -1.23. The number of carbonyl (C=O) groups excluding carboxylic acids is 1. The first-order valence-electron chi connectivity index (χ1n) is 4.33. The molecule has 7 heteroatoms. The third-order valence-corrected chi connectivity index (χ3v) is 2.22. The molecule has 0 unspecified atom stereocenters. The molecule has 0 aliphatic heterocycles. The molecule has 1 rings (SSSR count). The quantitative estimate of drug-likeness (QED) is 0.676. The number of aliphatic carboxylic acids is 1. The molecule has 1 N–H and O–H groups in total. The van der Waals surface area contributed by atoms with Crippen molar-refractivity contribution in [2.45, 2.75) is 12.6 Å². The summed E-state index contributed by atoms with van der Waals surface area (Å²) in [6.07, 6.45) is -5.40. The van der Waals surface area contributed by atoms with E-state index in [-0.39, 0.29) is 5.56 Å². The van der Waals surface area contributed by atoms with E-state index in [9.17, 15) is 22.8 Å². The second kappa shape index (κ2) is 4.75. The maximum Gasteiger partial charge on any atom is 0.417 e. The molecule has 0 saturated carbocycles. The number of carboxylic acids is 1. The molecule has 0 bridgehead atoms. The fourth-order valence-corrected chi connectivity index (χ4v) is 1.45. The molecule has 3 nitrogen and oxygen atoms in total. The van der Waals surface area contributed by atoms with Gasteiger partial charge in [-0.3, -0.25) is 9.59 Å². The number of alkyl halides is 3. The van der Waals surface area contributed by atoms with Gasteiger partial charge in [-0.1, -0.05) is 17.7 Å². The van der Waals surface area contributed by atoms with Crippen molar-refractivity contribution in [2.24, 2.45) is 0 Å². The van der Waals surface area contributed by atoms with Crippen molar-refractivity contribution in [1.82, 2.24) is 0 Å². The van der Waals surface area contributed by atoms with E-state index in [0.717, 1.165) is 12.1 Å². The average molecular weight is 267 g/mol. The first-order chi connectivity index (χ1) is 7.71. The molecule has 0 fully saturated rings. The van der Waals surface area contributed by atoms with Gasteiger partial charge < -0.3 is 5.11 Å². The second-order valence-corrected chi connectivity index (χ2v) is 3.59. The van der Waals surface area contributed by atoms with Gasteiger partial charge in [-0.2, -0.15) is 13.2 Å². The SMILES string of the molecule is O=C(O)CC(=O)c1ccc(C(F)(F)F)c(Cl)c1. The lowest BCUT2D eigenvalue weighted by Crippen LogP contribution is -2.09. The number of carbonyl (C=O) groups is 2. The number of ketones is 1. The van der Waals surface area contributed by atoms with E-state index in [1.165, 1.54) is 0 Å². The number of Topliss-reactive ketones (excluding diaryl/α,β-unsaturated/α-hetero) is 1. The predicted molar refractivity (Wildman–Crippen MR) is 53.0 cm³/mol. The van der Waals surface area contributed by atoms with Gasteiger partial charge in [0.2, 0.25) is 0 Å². The fourth-order valence-electron chi connectivity index (χ4n) is 1.16. The topological polar surface area (TPSA) is 54.4 Å². The smallest absolute Gasteiger partial charge is 0.417 e. The summed E-state index contributed by atoms with van der Waals surface area (Å²) in [5, 5.41) is 7.73. The number of hydrogen-bond acceptors (Lipinski definition) is 2. The maximum absolute atomic E-state index is 12.3. The summed E-state index contributed by atoms with van der Waals surface area (Å²) in [4.78, 5) is 21.5. The van der Waals surface area contributed by atoms with Crippen LogP contribution in [0.25, 0.3) is 0 Å². The minimum atomic E-state index is -4.61. The van der Waals surface area contributed by atoms with Crippen molar-refractivity contribution in [3.8, 4) is 0 Å². The lowest BCUT2D eigenvalue weighted by Gasteiger charge is -2.09. The molecule has 0 atom stereocenters. The minimum Gasteiger partial charge on any atom is -0.481 e. The van der Waals surface area contributed by atoms with Crippen LogP contribution in [-0.4, -0.2) is 16.9 Å². The molecule has 1 aromatic carbocycles. The Labute approximate surface area is 98.8 Å². The average Bonchev–Trinajstić information content (AvgIpc) is 2.14. The van der Waals surface area contributed by atoms with E-state index in [1.54, 1.807) is 0 Å². The first-order valence-corrected chi connectivity index (χ1v) is 4.71. The lowest BCUT2D eigenvalue weighted by atomic mass is 10.1. The van der Waals surface area contributed by atoms with Crippen molar-refractivity contribution in [3.63, 3.8) is 0 Å². The van der Waals surface area contributed by atoms with E-state index in [2.05, 4.69) is 0 Å². The number of carboxylic acid groups (broad SMARTS) is 1. The van der Waals surface area contributed by atoms with Crippen LogP contribution in [0.1, 0.15) is 22.3 Å². The normalized spacial score (nSPS) is 11.3. The highest BCUT2D eigenvalue weighted by molar-refractivity contribution is 6.31. The third-order valence-electron chi connectivity index (χ3n) is 1.91. The largest absolute Gasteiger partial charge is 0.481 e. The molecule has 0 spiro atoms. The fraction of sp³-hybridized carbons (Fsp3) is 0.200. The van der Waals surface area contributed by atoms with Crippen LogP contribution in [0.5, 0.6) is 0 Å². The highest BCUT2D eigenvalue weighted by atomic mass is 35.5. The Morgan fingerprint density at radius 3 is 2.29 bits per heavy atom. The van der Waals surface area contributed by atoms with Crippen LogP contribution < -0.4 is 0 Å². The summed E-state index contributed by atoms with van der Waals surface area (Å²) in [6.45, 7) is 0. The van der Waals surface area contributed by atoms with Crippen LogP contribution in [0.15, 0.2) is 18.2 Å². The Morgan fingerprint density at radius 1 is 1.29 bits per heavy atom. The number of halogens is 4. The van der Waals surface area contributed by atoms with E-state index < -0.39 is 34.9 Å². The van der Waals surface area contributed by atoms with Gasteiger partial charge in [-0.05, 0) is 12.1 Å². The van der Waals surface area contributed by atoms with Crippen LogP contribution in [0.4, 0.5) is 13.2 Å². The zero-order valence-corrected chi connectivity index (χ0v) is 8.97. The second-order valence-electron chi connectivity index (χ2n) is 3.19. The first kappa shape index (κ1) is 13.5. The Bertz CT molecular complexity index is 468. The maximum atomic E-state index is 12.3. The Hall–Kier alpha value is -1.56. The summed E-state index contributed by atoms with van der Waals surface area (Å²) < 4.78 is 37.0. The van der Waals surface area contributed by atoms with Crippen molar-refractivity contribution in [1.29, 1.82) is 0 Å². The zero-order chi connectivity index (χ0) is 13.2. The van der Waals surface area contributed by atoms with E-state index in [0.29, 0.717) is 6.07 Å². The number of benzene rings is 1. The summed E-state index contributed by atoms with van der Waals surface area (Å²) in [7, 11) is 0. The van der Waals surface area contributed by atoms with Crippen molar-refractivity contribution in [3.05, 3.63) is 34.3 Å². The van der Waals surface area contributed by atoms with Crippen molar-refractivity contribution >= 4 is 23.4 Å². The summed E-state index contributed by atoms with van der Waals surface area (Å²) in [6, 6.07) is 2.37. The van der Waals surface area contributed by atoms with Gasteiger partial charge in [0.15, 0.2) is 5.78 Å². The van der Waals surface area contributed by atoms with Gasteiger partial charge in [0.25, 0.3) is 0 Å². The molecule has 0 saturated heterocycles. The Kier molecular flexibility index (Phi) is 3.77. The summed E-state index contributed by atoms with van der Waals surface area (Å²) in [5.74, 6) is -2.15. The molecular formula is C10H6ClF3O3. The molecular weight excluding hydrogens is 261 g/mol. The monoisotopic (exact) mass is 266 g/mol. The zero-order valence-electron chi connectivity index (χ0n) is 8.21. The number of hydrogen-bond donors (Lipinski definition) is 1. The van der Waals surface area contributed by atoms with Gasteiger partial charge in [0.05, 0.1) is 10.6 Å². The molecule has 0 amide bonds. The van der Waals surface area contributed by atoms with Crippen LogP contribution in [0.2, 0.25) is 5.02 Å². The molecule has 0 aliphatic carbocycles. The van der Waals surface area contributed by atoms with Gasteiger partial charge >= 0.3 is 12.1 Å². The van der Waals surface area contributed by atoms with Crippen LogP contribution in [-0.2, 0) is 11.0 Å². The van der Waals surface area contributed by atoms with Crippen molar-refractivity contribution in [2.75, 3.05) is 0 Å². The molecule has 0 aliphatic rings. The van der Waals surface area contributed by atoms with Crippen molar-refractivity contribution < 1.29 is 27.9 Å². The molecule has 0 heterocycles. The van der Waals surface area contributed by atoms with Gasteiger partial charge in [0.1, 0.15) is 6.42 Å². The minimum absolute atomic E-state index is 0.162. The third kappa shape index (κ3) is 3.45. The predicted octanol–water partition coefficient (Wildman–Crippen LogP) is 3.02. The standard InChI is InChI=1S/C10H6ClF3O3/c11-7-3-5(8(15)4-9(16)17)1-2-6(7)10(12,13)14/h1-3H,4H2,(H,16,17). The van der Waals surface area contributed by atoms with Crippen LogP contribution in [0.3, 0.4) is 0 Å². The lowest BCUT2D eigenvalue weighted by molar-refractivity contribution is -0.138. The van der Waals surface area contributed by atoms with Crippen LogP contribution >= 0.6 is 11.6 Å². The molecule has 17 heavy (non-hydrogen) atoms. The van der Waals surface area contributed by atoms with Gasteiger partial charge in [0, 0.05) is 5.56 Å². The van der Waals surface area contributed by atoms with Gasteiger partial charge in [-0.15, -0.1) is 0 Å². The summed E-state index contributed by atoms with van der Waals surface area (Å²) >= 11 is 5.38. The van der Waals surface area contributed by atoms with E-state index in [4.69, 9.17) is 16.7 Å². The number of rotatable bonds is 3. The Balaban J connectivity index is 3.05. The van der Waals surface area contributed by atoms with E-state index in [1.807, 2.05) is 0 Å². The van der Waals surface area contributed by atoms with Gasteiger partial charge in [-0.25, -0.2) is 0 Å². The highest BCUT2D eigenvalue weighted by Gasteiger charge is 2.33. The molecule has 92 valence electrons.